The number of hydrogen-bond donors (Lipinski definition) is 0. The molecule has 0 amide bonds. The van der Waals surface area contributed by atoms with Crippen molar-refractivity contribution in [1.29, 1.82) is 0 Å². The van der Waals surface area contributed by atoms with E-state index in [1.807, 2.05) is 0 Å². The van der Waals surface area contributed by atoms with Crippen LogP contribution in [-0.4, -0.2) is 54.7 Å². The molecule has 4 heteroatoms. The third-order valence-electron chi connectivity index (χ3n) is 5.45. The average molecular weight is 295 g/mol. The molecule has 0 aliphatic carbocycles. The van der Waals surface area contributed by atoms with Crippen LogP contribution < -0.4 is 0 Å². The molecule has 0 radical (unpaired) electrons. The van der Waals surface area contributed by atoms with Crippen molar-refractivity contribution in [2.45, 2.75) is 76.0 Å². The fraction of sp³-hybridized carbons (Fsp3) is 0.941. The van der Waals surface area contributed by atoms with E-state index in [0.29, 0.717) is 17.9 Å². The second-order valence-corrected chi connectivity index (χ2v) is 7.13. The number of carbonyl (C=O) groups excluding carboxylic acids is 1. The first kappa shape index (κ1) is 15.4. The van der Waals surface area contributed by atoms with Crippen LogP contribution in [-0.2, 0) is 14.3 Å². The van der Waals surface area contributed by atoms with Gasteiger partial charge >= 0.3 is 0 Å². The van der Waals surface area contributed by atoms with Gasteiger partial charge in [0.2, 0.25) is 0 Å². The number of carbonyl (C=O) groups is 1. The largest absolute Gasteiger partial charge is 0.378 e. The van der Waals surface area contributed by atoms with Gasteiger partial charge in [-0.25, -0.2) is 0 Å². The number of likely N-dealkylation sites (tertiary alicyclic amines) is 1. The van der Waals surface area contributed by atoms with Crippen molar-refractivity contribution in [2.75, 3.05) is 26.4 Å². The zero-order valence-corrected chi connectivity index (χ0v) is 13.3. The first-order valence-corrected chi connectivity index (χ1v) is 8.65. The Balaban J connectivity index is 1.70. The summed E-state index contributed by atoms with van der Waals surface area (Å²) in [5.74, 6) is 0.331. The van der Waals surface area contributed by atoms with Gasteiger partial charge in [0.1, 0.15) is 5.78 Å². The lowest BCUT2D eigenvalue weighted by Gasteiger charge is -2.44. The lowest BCUT2D eigenvalue weighted by atomic mass is 9.87. The van der Waals surface area contributed by atoms with E-state index in [4.69, 9.17) is 9.47 Å². The lowest BCUT2D eigenvalue weighted by Crippen LogP contribution is -2.52. The molecule has 3 heterocycles. The monoisotopic (exact) mass is 295 g/mol. The van der Waals surface area contributed by atoms with Gasteiger partial charge in [-0.3, -0.25) is 9.69 Å². The van der Waals surface area contributed by atoms with Gasteiger partial charge < -0.3 is 9.47 Å². The molecule has 0 aromatic carbocycles. The first-order chi connectivity index (χ1) is 10.2. The number of rotatable bonds is 3. The second kappa shape index (κ2) is 6.76. The van der Waals surface area contributed by atoms with Crippen molar-refractivity contribution >= 4 is 5.78 Å². The normalized spacial score (nSPS) is 38.5. The summed E-state index contributed by atoms with van der Waals surface area (Å²) in [6.07, 6.45) is 8.98. The Kier molecular flexibility index (Phi) is 4.97. The minimum Gasteiger partial charge on any atom is -0.378 e. The molecule has 3 rings (SSSR count). The van der Waals surface area contributed by atoms with Crippen LogP contribution in [0.5, 0.6) is 0 Å². The molecule has 3 aliphatic heterocycles. The maximum absolute atomic E-state index is 11.6. The highest BCUT2D eigenvalue weighted by Gasteiger charge is 2.43. The number of Topliss-reactive ketones (excluding diaryl/α,β-unsaturated/α-hetero) is 1. The SMILES string of the molecule is CC(=O)CC1CCCCCN1C1CCOC2(CCOC2)C1. The van der Waals surface area contributed by atoms with Gasteiger partial charge in [0.05, 0.1) is 12.2 Å². The summed E-state index contributed by atoms with van der Waals surface area (Å²) >= 11 is 0. The molecule has 0 N–H and O–H groups in total. The van der Waals surface area contributed by atoms with Crippen LogP contribution in [0.4, 0.5) is 0 Å². The summed E-state index contributed by atoms with van der Waals surface area (Å²) in [6, 6.07) is 1.02. The van der Waals surface area contributed by atoms with Crippen LogP contribution in [0, 0.1) is 0 Å². The Morgan fingerprint density at radius 2 is 2.14 bits per heavy atom. The van der Waals surface area contributed by atoms with Crippen LogP contribution in [0.15, 0.2) is 0 Å². The van der Waals surface area contributed by atoms with E-state index in [2.05, 4.69) is 4.90 Å². The minimum absolute atomic E-state index is 0.0318. The van der Waals surface area contributed by atoms with E-state index in [1.54, 1.807) is 6.92 Å². The molecule has 0 saturated carbocycles. The van der Waals surface area contributed by atoms with Crippen LogP contribution in [0.1, 0.15) is 58.3 Å². The lowest BCUT2D eigenvalue weighted by molar-refractivity contribution is -0.122. The molecule has 120 valence electrons. The van der Waals surface area contributed by atoms with Crippen molar-refractivity contribution in [2.24, 2.45) is 0 Å². The van der Waals surface area contributed by atoms with Crippen LogP contribution in [0.3, 0.4) is 0 Å². The zero-order chi connectivity index (χ0) is 14.7. The van der Waals surface area contributed by atoms with Crippen LogP contribution in [0.25, 0.3) is 0 Å². The molecule has 0 bridgehead atoms. The van der Waals surface area contributed by atoms with E-state index in [9.17, 15) is 4.79 Å². The van der Waals surface area contributed by atoms with E-state index < -0.39 is 0 Å². The Morgan fingerprint density at radius 1 is 1.24 bits per heavy atom. The Hall–Kier alpha value is -0.450. The summed E-state index contributed by atoms with van der Waals surface area (Å²) in [6.45, 7) is 5.33. The van der Waals surface area contributed by atoms with Gasteiger partial charge in [-0.1, -0.05) is 12.8 Å². The standard InChI is InChI=1S/C17H29NO3/c1-14(19)11-15-5-3-2-4-8-18(15)16-6-9-21-17(12-16)7-10-20-13-17/h15-16H,2-13H2,1H3. The third-order valence-corrected chi connectivity index (χ3v) is 5.45. The summed E-state index contributed by atoms with van der Waals surface area (Å²) in [5.41, 5.74) is -0.0318. The van der Waals surface area contributed by atoms with Crippen molar-refractivity contribution in [3.8, 4) is 0 Å². The molecule has 3 atom stereocenters. The molecule has 0 aromatic heterocycles. The Labute approximate surface area is 128 Å². The van der Waals surface area contributed by atoms with Crippen molar-refractivity contribution in [3.63, 3.8) is 0 Å². The summed E-state index contributed by atoms with van der Waals surface area (Å²) in [5, 5.41) is 0. The van der Waals surface area contributed by atoms with Gasteiger partial charge in [-0.2, -0.15) is 0 Å². The average Bonchev–Trinajstić information content (AvgIpc) is 2.76. The highest BCUT2D eigenvalue weighted by Crippen LogP contribution is 2.36. The summed E-state index contributed by atoms with van der Waals surface area (Å²) in [4.78, 5) is 14.3. The molecular weight excluding hydrogens is 266 g/mol. The highest BCUT2D eigenvalue weighted by molar-refractivity contribution is 5.76. The maximum atomic E-state index is 11.6. The van der Waals surface area contributed by atoms with Gasteiger partial charge in [0.25, 0.3) is 0 Å². The third kappa shape index (κ3) is 3.66. The Morgan fingerprint density at radius 3 is 2.90 bits per heavy atom. The number of hydrogen-bond acceptors (Lipinski definition) is 4. The highest BCUT2D eigenvalue weighted by atomic mass is 16.6. The van der Waals surface area contributed by atoms with Gasteiger partial charge in [-0.05, 0) is 39.2 Å². The fourth-order valence-corrected chi connectivity index (χ4v) is 4.38. The number of nitrogens with zero attached hydrogens (tertiary/aromatic N) is 1. The molecule has 21 heavy (non-hydrogen) atoms. The smallest absolute Gasteiger partial charge is 0.131 e. The van der Waals surface area contributed by atoms with Crippen molar-refractivity contribution < 1.29 is 14.3 Å². The molecule has 1 spiro atoms. The predicted octanol–water partition coefficient (Wildman–Crippen LogP) is 2.55. The molecule has 3 aliphatic rings. The zero-order valence-electron chi connectivity index (χ0n) is 13.3. The maximum Gasteiger partial charge on any atom is 0.131 e. The van der Waals surface area contributed by atoms with E-state index in [1.165, 1.54) is 25.7 Å². The van der Waals surface area contributed by atoms with Crippen molar-refractivity contribution in [3.05, 3.63) is 0 Å². The molecule has 3 saturated heterocycles. The molecular formula is C17H29NO3. The van der Waals surface area contributed by atoms with E-state index >= 15 is 0 Å². The summed E-state index contributed by atoms with van der Waals surface area (Å²) in [7, 11) is 0. The fourth-order valence-electron chi connectivity index (χ4n) is 4.38. The van der Waals surface area contributed by atoms with Crippen LogP contribution >= 0.6 is 0 Å². The number of ketones is 1. The topological polar surface area (TPSA) is 38.8 Å². The summed E-state index contributed by atoms with van der Waals surface area (Å²) < 4.78 is 11.7. The quantitative estimate of drug-likeness (QED) is 0.802. The van der Waals surface area contributed by atoms with E-state index in [-0.39, 0.29) is 5.60 Å². The predicted molar refractivity (Wildman–Crippen MR) is 81.4 cm³/mol. The molecule has 4 nitrogen and oxygen atoms in total. The minimum atomic E-state index is -0.0318. The molecule has 3 unspecified atom stereocenters. The van der Waals surface area contributed by atoms with E-state index in [0.717, 1.165) is 52.0 Å². The van der Waals surface area contributed by atoms with Gasteiger partial charge in [-0.15, -0.1) is 0 Å². The first-order valence-electron chi connectivity index (χ1n) is 8.65. The molecule has 0 aromatic rings. The van der Waals surface area contributed by atoms with Crippen molar-refractivity contribution in [1.82, 2.24) is 4.90 Å². The second-order valence-electron chi connectivity index (χ2n) is 7.13. The van der Waals surface area contributed by atoms with Gasteiger partial charge in [0, 0.05) is 38.1 Å². The molecule has 3 fully saturated rings. The Bertz CT molecular complexity index is 365. The van der Waals surface area contributed by atoms with Gasteiger partial charge in [0.15, 0.2) is 0 Å². The van der Waals surface area contributed by atoms with Crippen LogP contribution in [0.2, 0.25) is 0 Å². The number of ether oxygens (including phenoxy) is 2.